The summed E-state index contributed by atoms with van der Waals surface area (Å²) in [4.78, 5) is 4.26. The van der Waals surface area contributed by atoms with Crippen LogP contribution in [-0.4, -0.2) is 11.0 Å². The van der Waals surface area contributed by atoms with E-state index >= 15 is 0 Å². The Labute approximate surface area is 101 Å². The van der Waals surface area contributed by atoms with Crippen LogP contribution >= 0.6 is 0 Å². The summed E-state index contributed by atoms with van der Waals surface area (Å²) in [6.45, 7) is 0. The average Bonchev–Trinajstić information content (AvgIpc) is 3.10. The van der Waals surface area contributed by atoms with Crippen LogP contribution in [0.3, 0.4) is 0 Å². The molecule has 0 spiro atoms. The minimum absolute atomic E-state index is 0.492. The lowest BCUT2D eigenvalue weighted by Gasteiger charge is -2.05. The van der Waals surface area contributed by atoms with E-state index in [1.807, 2.05) is 12.1 Å². The molecule has 3 nitrogen and oxygen atoms in total. The van der Waals surface area contributed by atoms with Crippen LogP contribution in [0.25, 0.3) is 0 Å². The monoisotopic (exact) mass is 225 g/mol. The van der Waals surface area contributed by atoms with E-state index < -0.39 is 0 Å². The maximum absolute atomic E-state index is 5.72. The lowest BCUT2D eigenvalue weighted by atomic mass is 10.1. The van der Waals surface area contributed by atoms with Crippen LogP contribution in [0.5, 0.6) is 0 Å². The number of benzene rings is 1. The smallest absolute Gasteiger partial charge is 0.128 e. The number of aromatic nitrogens is 1. The minimum Gasteiger partial charge on any atom is -0.399 e. The second-order valence-electron chi connectivity index (χ2n) is 4.48. The van der Waals surface area contributed by atoms with E-state index in [4.69, 9.17) is 5.73 Å². The molecule has 1 aliphatic carbocycles. The van der Waals surface area contributed by atoms with Gasteiger partial charge in [0.15, 0.2) is 0 Å². The predicted octanol–water partition coefficient (Wildman–Crippen LogP) is 2.63. The summed E-state index contributed by atoms with van der Waals surface area (Å²) in [5.41, 5.74) is 7.87. The Morgan fingerprint density at radius 1 is 1.18 bits per heavy atom. The number of pyridine rings is 1. The van der Waals surface area contributed by atoms with E-state index in [-0.39, 0.29) is 0 Å². The zero-order valence-electron chi connectivity index (χ0n) is 9.51. The van der Waals surface area contributed by atoms with Gasteiger partial charge < -0.3 is 11.1 Å². The molecule has 1 heterocycles. The van der Waals surface area contributed by atoms with Crippen LogP contribution in [0.2, 0.25) is 0 Å². The summed E-state index contributed by atoms with van der Waals surface area (Å²) in [5.74, 6) is 1.48. The summed E-state index contributed by atoms with van der Waals surface area (Å²) in [6.07, 6.45) is 2.90. The van der Waals surface area contributed by atoms with Gasteiger partial charge in [0.05, 0.1) is 0 Å². The van der Waals surface area contributed by atoms with E-state index in [1.54, 1.807) is 12.3 Å². The van der Waals surface area contributed by atoms with Crippen molar-refractivity contribution in [2.24, 2.45) is 0 Å². The van der Waals surface area contributed by atoms with Crippen LogP contribution in [-0.2, 0) is 0 Å². The number of nitrogen functional groups attached to an aromatic ring is 1. The summed E-state index contributed by atoms with van der Waals surface area (Å²) < 4.78 is 0. The van der Waals surface area contributed by atoms with Crippen molar-refractivity contribution in [1.82, 2.24) is 4.98 Å². The van der Waals surface area contributed by atoms with Gasteiger partial charge >= 0.3 is 0 Å². The Morgan fingerprint density at radius 2 is 2.00 bits per heavy atom. The Kier molecular flexibility index (Phi) is 2.44. The molecule has 86 valence electrons. The van der Waals surface area contributed by atoms with Gasteiger partial charge in [-0.1, -0.05) is 30.3 Å². The number of anilines is 2. The highest BCUT2D eigenvalue weighted by atomic mass is 15.0. The zero-order valence-corrected chi connectivity index (χ0v) is 9.51. The Hall–Kier alpha value is -2.03. The lowest BCUT2D eigenvalue weighted by molar-refractivity contribution is 1.03. The topological polar surface area (TPSA) is 50.9 Å². The van der Waals surface area contributed by atoms with Gasteiger partial charge in [0.2, 0.25) is 0 Å². The maximum Gasteiger partial charge on any atom is 0.128 e. The molecule has 2 atom stereocenters. The normalized spacial score (nSPS) is 22.1. The maximum atomic E-state index is 5.72. The average molecular weight is 225 g/mol. The zero-order chi connectivity index (χ0) is 11.7. The summed E-state index contributed by atoms with van der Waals surface area (Å²) in [5, 5.41) is 3.41. The molecule has 1 fully saturated rings. The molecule has 0 radical (unpaired) electrons. The van der Waals surface area contributed by atoms with Crippen molar-refractivity contribution in [3.63, 3.8) is 0 Å². The van der Waals surface area contributed by atoms with Gasteiger partial charge in [-0.15, -0.1) is 0 Å². The van der Waals surface area contributed by atoms with Crippen molar-refractivity contribution in [2.75, 3.05) is 11.1 Å². The van der Waals surface area contributed by atoms with Crippen LogP contribution in [0.4, 0.5) is 11.5 Å². The van der Waals surface area contributed by atoms with Crippen molar-refractivity contribution in [3.05, 3.63) is 54.2 Å². The highest BCUT2D eigenvalue weighted by molar-refractivity contribution is 5.50. The van der Waals surface area contributed by atoms with E-state index in [9.17, 15) is 0 Å². The Morgan fingerprint density at radius 3 is 2.76 bits per heavy atom. The van der Waals surface area contributed by atoms with Crippen molar-refractivity contribution >= 4 is 11.5 Å². The standard InChI is InChI=1S/C14H15N3/c15-11-6-7-16-14(8-11)17-13-9-12(13)10-4-2-1-3-5-10/h1-8,12-13H,9H2,(H3,15,16,17). The summed E-state index contributed by atoms with van der Waals surface area (Å²) in [7, 11) is 0. The van der Waals surface area contributed by atoms with Gasteiger partial charge in [0, 0.05) is 29.9 Å². The van der Waals surface area contributed by atoms with Crippen molar-refractivity contribution in [2.45, 2.75) is 18.4 Å². The van der Waals surface area contributed by atoms with E-state index in [2.05, 4.69) is 34.6 Å². The van der Waals surface area contributed by atoms with Crippen LogP contribution in [0.15, 0.2) is 48.7 Å². The van der Waals surface area contributed by atoms with Crippen LogP contribution in [0, 0.1) is 0 Å². The fraction of sp³-hybridized carbons (Fsp3) is 0.214. The summed E-state index contributed by atoms with van der Waals surface area (Å²) in [6, 6.07) is 14.7. The number of hydrogen-bond donors (Lipinski definition) is 2. The largest absolute Gasteiger partial charge is 0.399 e. The molecule has 1 aromatic heterocycles. The van der Waals surface area contributed by atoms with Gasteiger partial charge in [-0.3, -0.25) is 0 Å². The second kappa shape index (κ2) is 4.09. The van der Waals surface area contributed by atoms with Gasteiger partial charge in [-0.05, 0) is 18.1 Å². The van der Waals surface area contributed by atoms with Crippen molar-refractivity contribution in [3.8, 4) is 0 Å². The van der Waals surface area contributed by atoms with Gasteiger partial charge in [-0.2, -0.15) is 0 Å². The molecule has 1 aromatic carbocycles. The minimum atomic E-state index is 0.492. The first-order valence-electron chi connectivity index (χ1n) is 5.86. The molecule has 2 aromatic rings. The lowest BCUT2D eigenvalue weighted by Crippen LogP contribution is -2.06. The third kappa shape index (κ3) is 2.23. The quantitative estimate of drug-likeness (QED) is 0.844. The number of nitrogens with one attached hydrogen (secondary N) is 1. The Balaban J connectivity index is 1.66. The second-order valence-corrected chi connectivity index (χ2v) is 4.48. The molecule has 0 saturated heterocycles. The third-order valence-electron chi connectivity index (χ3n) is 3.14. The fourth-order valence-corrected chi connectivity index (χ4v) is 2.14. The van der Waals surface area contributed by atoms with Crippen LogP contribution < -0.4 is 11.1 Å². The van der Waals surface area contributed by atoms with E-state index in [0.29, 0.717) is 12.0 Å². The number of hydrogen-bond acceptors (Lipinski definition) is 3. The molecule has 1 aliphatic rings. The molecule has 2 unspecified atom stereocenters. The predicted molar refractivity (Wildman–Crippen MR) is 69.9 cm³/mol. The highest BCUT2D eigenvalue weighted by Crippen LogP contribution is 2.42. The van der Waals surface area contributed by atoms with Crippen molar-refractivity contribution < 1.29 is 0 Å². The molecular weight excluding hydrogens is 210 g/mol. The van der Waals surface area contributed by atoms with E-state index in [0.717, 1.165) is 11.5 Å². The van der Waals surface area contributed by atoms with E-state index in [1.165, 1.54) is 12.0 Å². The first-order valence-corrected chi connectivity index (χ1v) is 5.86. The van der Waals surface area contributed by atoms with Crippen molar-refractivity contribution in [1.29, 1.82) is 0 Å². The van der Waals surface area contributed by atoms with Crippen LogP contribution in [0.1, 0.15) is 17.9 Å². The molecule has 17 heavy (non-hydrogen) atoms. The van der Waals surface area contributed by atoms with Gasteiger partial charge in [-0.25, -0.2) is 4.98 Å². The first-order chi connectivity index (χ1) is 8.33. The first kappa shape index (κ1) is 10.1. The molecule has 3 heteroatoms. The molecular formula is C14H15N3. The molecule has 0 amide bonds. The molecule has 1 saturated carbocycles. The molecule has 3 rings (SSSR count). The molecule has 0 aliphatic heterocycles. The number of nitrogens with two attached hydrogens (primary N) is 1. The highest BCUT2D eigenvalue weighted by Gasteiger charge is 2.38. The third-order valence-corrected chi connectivity index (χ3v) is 3.14. The number of nitrogens with zero attached hydrogens (tertiary/aromatic N) is 1. The van der Waals surface area contributed by atoms with Gasteiger partial charge in [0.25, 0.3) is 0 Å². The van der Waals surface area contributed by atoms with Gasteiger partial charge in [0.1, 0.15) is 5.82 Å². The number of rotatable bonds is 3. The molecule has 0 bridgehead atoms. The fourth-order valence-electron chi connectivity index (χ4n) is 2.14. The Bertz CT molecular complexity index is 510. The summed E-state index contributed by atoms with van der Waals surface area (Å²) >= 11 is 0. The molecule has 3 N–H and O–H groups in total. The SMILES string of the molecule is Nc1ccnc(NC2CC2c2ccccc2)c1.